The van der Waals surface area contributed by atoms with E-state index in [4.69, 9.17) is 0 Å². The van der Waals surface area contributed by atoms with Gasteiger partial charge < -0.3 is 10.0 Å². The summed E-state index contributed by atoms with van der Waals surface area (Å²) in [7, 11) is 0. The van der Waals surface area contributed by atoms with E-state index >= 15 is 0 Å². The molecule has 0 saturated carbocycles. The van der Waals surface area contributed by atoms with Gasteiger partial charge in [0.05, 0.1) is 5.60 Å². The number of carbonyl (C=O) groups is 1. The van der Waals surface area contributed by atoms with Gasteiger partial charge in [-0.25, -0.2) is 0 Å². The molecule has 116 valence electrons. The first-order chi connectivity index (χ1) is 9.76. The van der Waals surface area contributed by atoms with Crippen LogP contribution in [0.5, 0.6) is 0 Å². The van der Waals surface area contributed by atoms with Crippen molar-refractivity contribution in [2.45, 2.75) is 31.3 Å². The second-order valence-electron chi connectivity index (χ2n) is 6.38. The van der Waals surface area contributed by atoms with Gasteiger partial charge in [0.2, 0.25) is 0 Å². The first-order valence-corrected chi connectivity index (χ1v) is 7.74. The highest BCUT2D eigenvalue weighted by atomic mass is 32.1. The molecule has 1 aliphatic heterocycles. The minimum absolute atomic E-state index is 0.0753. The SMILES string of the molecule is Cc1ccc(S)cc1C(=O)N1CCN(CC(C)(C)O)CC1. The van der Waals surface area contributed by atoms with Crippen molar-refractivity contribution >= 4 is 18.5 Å². The van der Waals surface area contributed by atoms with Crippen molar-refractivity contribution in [3.05, 3.63) is 29.3 Å². The standard InChI is InChI=1S/C16H24N2O2S/c1-12-4-5-13(21)10-14(12)15(19)18-8-6-17(7-9-18)11-16(2,3)20/h4-5,10,20-21H,6-9,11H2,1-3H3. The second kappa shape index (κ2) is 6.38. The van der Waals surface area contributed by atoms with E-state index in [1.54, 1.807) is 0 Å². The molecule has 21 heavy (non-hydrogen) atoms. The summed E-state index contributed by atoms with van der Waals surface area (Å²) < 4.78 is 0. The number of hydrogen-bond donors (Lipinski definition) is 2. The Balaban J connectivity index is 1.99. The van der Waals surface area contributed by atoms with E-state index in [1.165, 1.54) is 0 Å². The molecule has 1 N–H and O–H groups in total. The third kappa shape index (κ3) is 4.46. The molecule has 0 atom stereocenters. The Bertz CT molecular complexity index is 517. The number of piperazine rings is 1. The van der Waals surface area contributed by atoms with Crippen LogP contribution in [-0.2, 0) is 0 Å². The molecular formula is C16H24N2O2S. The van der Waals surface area contributed by atoms with Crippen LogP contribution in [0.25, 0.3) is 0 Å². The molecule has 1 aromatic carbocycles. The molecule has 4 nitrogen and oxygen atoms in total. The van der Waals surface area contributed by atoms with Crippen LogP contribution >= 0.6 is 12.6 Å². The van der Waals surface area contributed by atoms with Crippen LogP contribution in [0, 0.1) is 6.92 Å². The van der Waals surface area contributed by atoms with Gasteiger partial charge in [0, 0.05) is 43.2 Å². The zero-order valence-corrected chi connectivity index (χ0v) is 13.9. The van der Waals surface area contributed by atoms with E-state index in [9.17, 15) is 9.90 Å². The second-order valence-corrected chi connectivity index (χ2v) is 6.90. The maximum Gasteiger partial charge on any atom is 0.254 e. The number of aryl methyl sites for hydroxylation is 1. The van der Waals surface area contributed by atoms with E-state index in [0.717, 1.165) is 29.1 Å². The fourth-order valence-corrected chi connectivity index (χ4v) is 2.87. The Labute approximate surface area is 132 Å². The predicted octanol–water partition coefficient (Wildman–Crippen LogP) is 1.81. The van der Waals surface area contributed by atoms with Crippen molar-refractivity contribution in [3.63, 3.8) is 0 Å². The van der Waals surface area contributed by atoms with Crippen LogP contribution in [0.1, 0.15) is 29.8 Å². The normalized spacial score (nSPS) is 17.1. The molecule has 0 radical (unpaired) electrons. The van der Waals surface area contributed by atoms with Crippen LogP contribution in [0.15, 0.2) is 23.1 Å². The number of benzene rings is 1. The number of thiol groups is 1. The minimum Gasteiger partial charge on any atom is -0.389 e. The van der Waals surface area contributed by atoms with Crippen LogP contribution in [0.4, 0.5) is 0 Å². The third-order valence-electron chi connectivity index (χ3n) is 3.72. The summed E-state index contributed by atoms with van der Waals surface area (Å²) in [4.78, 5) is 17.5. The van der Waals surface area contributed by atoms with Crippen molar-refractivity contribution in [3.8, 4) is 0 Å². The Morgan fingerprint density at radius 2 is 1.90 bits per heavy atom. The van der Waals surface area contributed by atoms with Gasteiger partial charge >= 0.3 is 0 Å². The molecule has 0 bridgehead atoms. The van der Waals surface area contributed by atoms with Crippen LogP contribution < -0.4 is 0 Å². The first kappa shape index (κ1) is 16.3. The summed E-state index contributed by atoms with van der Waals surface area (Å²) in [6.07, 6.45) is 0. The van der Waals surface area contributed by atoms with Gasteiger partial charge in [-0.15, -0.1) is 12.6 Å². The van der Waals surface area contributed by atoms with Gasteiger partial charge in [-0.3, -0.25) is 9.69 Å². The van der Waals surface area contributed by atoms with E-state index < -0.39 is 5.60 Å². The lowest BCUT2D eigenvalue weighted by molar-refractivity contribution is 0.0178. The molecule has 0 aromatic heterocycles. The molecule has 5 heteroatoms. The number of aliphatic hydroxyl groups is 1. The lowest BCUT2D eigenvalue weighted by atomic mass is 10.1. The van der Waals surface area contributed by atoms with Gasteiger partial charge in [-0.05, 0) is 38.5 Å². The highest BCUT2D eigenvalue weighted by Gasteiger charge is 2.26. The fraction of sp³-hybridized carbons (Fsp3) is 0.562. The van der Waals surface area contributed by atoms with Crippen molar-refractivity contribution < 1.29 is 9.90 Å². The van der Waals surface area contributed by atoms with Crippen molar-refractivity contribution in [2.24, 2.45) is 0 Å². The number of carbonyl (C=O) groups excluding carboxylic acids is 1. The summed E-state index contributed by atoms with van der Waals surface area (Å²) in [6.45, 7) is 9.21. The average Bonchev–Trinajstić information content (AvgIpc) is 2.40. The highest BCUT2D eigenvalue weighted by Crippen LogP contribution is 2.17. The Hall–Kier alpha value is -1.04. The number of rotatable bonds is 3. The lowest BCUT2D eigenvalue weighted by Crippen LogP contribution is -2.52. The molecule has 1 saturated heterocycles. The molecular weight excluding hydrogens is 284 g/mol. The summed E-state index contributed by atoms with van der Waals surface area (Å²) >= 11 is 4.31. The molecule has 1 aromatic rings. The highest BCUT2D eigenvalue weighted by molar-refractivity contribution is 7.80. The maximum atomic E-state index is 12.6. The summed E-state index contributed by atoms with van der Waals surface area (Å²) in [5.41, 5.74) is 1.03. The maximum absolute atomic E-state index is 12.6. The van der Waals surface area contributed by atoms with Gasteiger partial charge in [-0.2, -0.15) is 0 Å². The van der Waals surface area contributed by atoms with Crippen LogP contribution in [0.2, 0.25) is 0 Å². The van der Waals surface area contributed by atoms with Crippen molar-refractivity contribution in [2.75, 3.05) is 32.7 Å². The molecule has 0 unspecified atom stereocenters. The third-order valence-corrected chi connectivity index (χ3v) is 4.00. The molecule has 1 fully saturated rings. The lowest BCUT2D eigenvalue weighted by Gasteiger charge is -2.37. The van der Waals surface area contributed by atoms with Gasteiger partial charge in [0.25, 0.3) is 5.91 Å². The zero-order valence-electron chi connectivity index (χ0n) is 13.0. The van der Waals surface area contributed by atoms with Crippen LogP contribution in [0.3, 0.4) is 0 Å². The zero-order chi connectivity index (χ0) is 15.6. The number of amides is 1. The summed E-state index contributed by atoms with van der Waals surface area (Å²) in [5, 5.41) is 9.86. The van der Waals surface area contributed by atoms with Crippen LogP contribution in [-0.4, -0.2) is 59.1 Å². The predicted molar refractivity (Wildman–Crippen MR) is 87.1 cm³/mol. The molecule has 0 spiro atoms. The largest absolute Gasteiger partial charge is 0.389 e. The van der Waals surface area contributed by atoms with E-state index in [0.29, 0.717) is 19.6 Å². The molecule has 1 aliphatic rings. The van der Waals surface area contributed by atoms with Gasteiger partial charge in [0.1, 0.15) is 0 Å². The number of β-amino-alcohol motifs (C(OH)–C–C–N with tert-alkyl or cyclic N) is 1. The van der Waals surface area contributed by atoms with Gasteiger partial charge in [-0.1, -0.05) is 6.07 Å². The van der Waals surface area contributed by atoms with E-state index in [-0.39, 0.29) is 5.91 Å². The summed E-state index contributed by atoms with van der Waals surface area (Å²) in [6, 6.07) is 5.67. The quantitative estimate of drug-likeness (QED) is 0.837. The minimum atomic E-state index is -0.691. The Morgan fingerprint density at radius 1 is 1.29 bits per heavy atom. The molecule has 2 rings (SSSR count). The molecule has 1 amide bonds. The monoisotopic (exact) mass is 308 g/mol. The fourth-order valence-electron chi connectivity index (χ4n) is 2.67. The topological polar surface area (TPSA) is 43.8 Å². The summed E-state index contributed by atoms with van der Waals surface area (Å²) in [5.74, 6) is 0.0753. The first-order valence-electron chi connectivity index (χ1n) is 7.30. The van der Waals surface area contributed by atoms with Crippen molar-refractivity contribution in [1.82, 2.24) is 9.80 Å². The molecule has 1 heterocycles. The Kier molecular flexibility index (Phi) is 4.96. The van der Waals surface area contributed by atoms with Gasteiger partial charge in [0.15, 0.2) is 0 Å². The number of hydrogen-bond acceptors (Lipinski definition) is 4. The molecule has 0 aliphatic carbocycles. The van der Waals surface area contributed by atoms with E-state index in [2.05, 4.69) is 17.5 Å². The number of nitrogens with zero attached hydrogens (tertiary/aromatic N) is 2. The Morgan fingerprint density at radius 3 is 2.48 bits per heavy atom. The van der Waals surface area contributed by atoms with E-state index in [1.807, 2.05) is 43.9 Å². The smallest absolute Gasteiger partial charge is 0.254 e. The average molecular weight is 308 g/mol. The van der Waals surface area contributed by atoms with Crippen molar-refractivity contribution in [1.29, 1.82) is 0 Å².